The highest BCUT2D eigenvalue weighted by Gasteiger charge is 2.14. The summed E-state index contributed by atoms with van der Waals surface area (Å²) in [6, 6.07) is 6.07. The van der Waals surface area contributed by atoms with Crippen molar-refractivity contribution < 1.29 is 9.30 Å². The van der Waals surface area contributed by atoms with Gasteiger partial charge in [0.1, 0.15) is 17.8 Å². The standard InChI is InChI=1S/C11H14N2OS2/c1-14-8-3-4-10-9(7-8)13(5-6-15-2)11(12)16-10/h3-4,7,12H,5-6H2,1-2H3/p+1. The van der Waals surface area contributed by atoms with Crippen LogP contribution in [-0.4, -0.2) is 19.1 Å². The van der Waals surface area contributed by atoms with Crippen LogP contribution in [0, 0.1) is 0 Å². The van der Waals surface area contributed by atoms with Crippen molar-refractivity contribution in [1.29, 1.82) is 0 Å². The summed E-state index contributed by atoms with van der Waals surface area (Å²) in [5.74, 6) is 1.95. The molecule has 0 spiro atoms. The predicted molar refractivity (Wildman–Crippen MR) is 71.4 cm³/mol. The van der Waals surface area contributed by atoms with Gasteiger partial charge in [-0.05, 0) is 29.7 Å². The van der Waals surface area contributed by atoms with E-state index in [4.69, 9.17) is 10.5 Å². The normalized spacial score (nSPS) is 10.9. The van der Waals surface area contributed by atoms with Crippen LogP contribution < -0.4 is 15.0 Å². The first-order valence-corrected chi connectivity index (χ1v) is 7.22. The zero-order chi connectivity index (χ0) is 11.5. The Morgan fingerprint density at radius 3 is 3.00 bits per heavy atom. The first-order valence-electron chi connectivity index (χ1n) is 5.01. The van der Waals surface area contributed by atoms with Crippen LogP contribution in [0.2, 0.25) is 0 Å². The number of thiazole rings is 1. The van der Waals surface area contributed by atoms with Crippen LogP contribution in [-0.2, 0) is 6.54 Å². The molecule has 0 aliphatic carbocycles. The van der Waals surface area contributed by atoms with Crippen LogP contribution in [0.15, 0.2) is 18.2 Å². The van der Waals surface area contributed by atoms with Crippen molar-refractivity contribution in [3.8, 4) is 5.75 Å². The molecule has 0 atom stereocenters. The molecule has 5 heteroatoms. The molecule has 0 aliphatic heterocycles. The summed E-state index contributed by atoms with van der Waals surface area (Å²) in [5, 5.41) is 0.859. The SMILES string of the molecule is COc1ccc2sc(N)[n+](CCSC)c2c1. The van der Waals surface area contributed by atoms with Crippen molar-refractivity contribution in [3.63, 3.8) is 0 Å². The van der Waals surface area contributed by atoms with Gasteiger partial charge >= 0.3 is 5.13 Å². The third-order valence-electron chi connectivity index (χ3n) is 2.46. The number of nitrogen functional groups attached to an aromatic ring is 1. The molecule has 0 saturated heterocycles. The number of benzene rings is 1. The fourth-order valence-corrected chi connectivity index (χ4v) is 2.92. The van der Waals surface area contributed by atoms with Crippen LogP contribution >= 0.6 is 23.1 Å². The smallest absolute Gasteiger partial charge is 0.332 e. The second kappa shape index (κ2) is 4.93. The number of nitrogens with two attached hydrogens (primary N) is 1. The molecule has 2 N–H and O–H groups in total. The first-order chi connectivity index (χ1) is 7.76. The van der Waals surface area contributed by atoms with Gasteiger partial charge in [-0.1, -0.05) is 0 Å². The van der Waals surface area contributed by atoms with E-state index in [-0.39, 0.29) is 0 Å². The summed E-state index contributed by atoms with van der Waals surface area (Å²) in [6.07, 6.45) is 2.10. The van der Waals surface area contributed by atoms with Crippen molar-refractivity contribution in [2.45, 2.75) is 6.54 Å². The molecule has 0 bridgehead atoms. The van der Waals surface area contributed by atoms with Crippen LogP contribution in [0.25, 0.3) is 10.2 Å². The van der Waals surface area contributed by atoms with Gasteiger partial charge < -0.3 is 4.74 Å². The van der Waals surface area contributed by atoms with E-state index in [1.54, 1.807) is 18.4 Å². The van der Waals surface area contributed by atoms with Gasteiger partial charge in [-0.25, -0.2) is 4.57 Å². The molecule has 0 radical (unpaired) electrons. The predicted octanol–water partition coefficient (Wildman–Crippen LogP) is 2.14. The molecule has 86 valence electrons. The Bertz CT molecular complexity index is 496. The van der Waals surface area contributed by atoms with E-state index in [2.05, 4.69) is 16.9 Å². The van der Waals surface area contributed by atoms with Gasteiger partial charge in [0.2, 0.25) is 0 Å². The second-order valence-electron chi connectivity index (χ2n) is 3.42. The Morgan fingerprint density at radius 1 is 1.50 bits per heavy atom. The highest BCUT2D eigenvalue weighted by molar-refractivity contribution is 7.98. The molecular formula is C11H15N2OS2+. The summed E-state index contributed by atoms with van der Waals surface area (Å²) < 4.78 is 8.60. The molecule has 0 unspecified atom stereocenters. The largest absolute Gasteiger partial charge is 0.497 e. The Hall–Kier alpha value is -0.940. The molecule has 3 nitrogen and oxygen atoms in total. The third-order valence-corrected chi connectivity index (χ3v) is 4.04. The molecule has 2 rings (SSSR count). The molecule has 1 aromatic heterocycles. The zero-order valence-electron chi connectivity index (χ0n) is 9.40. The van der Waals surface area contributed by atoms with E-state index in [0.29, 0.717) is 0 Å². The highest BCUT2D eigenvalue weighted by Crippen LogP contribution is 2.25. The number of aryl methyl sites for hydroxylation is 1. The van der Waals surface area contributed by atoms with Crippen LogP contribution in [0.3, 0.4) is 0 Å². The number of anilines is 1. The van der Waals surface area contributed by atoms with E-state index >= 15 is 0 Å². The number of hydrogen-bond donors (Lipinski definition) is 1. The molecule has 0 amide bonds. The van der Waals surface area contributed by atoms with Crippen molar-refractivity contribution in [2.24, 2.45) is 0 Å². The maximum atomic E-state index is 6.02. The Labute approximate surface area is 103 Å². The van der Waals surface area contributed by atoms with Crippen molar-refractivity contribution in [2.75, 3.05) is 24.9 Å². The number of methoxy groups -OCH3 is 1. The fourth-order valence-electron chi connectivity index (χ4n) is 1.62. The minimum absolute atomic E-state index is 0.859. The third kappa shape index (κ3) is 2.10. The van der Waals surface area contributed by atoms with Crippen molar-refractivity contribution in [1.82, 2.24) is 0 Å². The monoisotopic (exact) mass is 255 g/mol. The number of ether oxygens (including phenoxy) is 1. The Balaban J connectivity index is 2.48. The number of fused-ring (bicyclic) bond motifs is 1. The topological polar surface area (TPSA) is 39.1 Å². The summed E-state index contributed by atoms with van der Waals surface area (Å²) in [5.41, 5.74) is 7.18. The number of hydrogen-bond acceptors (Lipinski definition) is 4. The number of rotatable bonds is 4. The quantitative estimate of drug-likeness (QED) is 0.851. The van der Waals surface area contributed by atoms with E-state index in [1.165, 1.54) is 4.70 Å². The average Bonchev–Trinajstić information content (AvgIpc) is 2.61. The van der Waals surface area contributed by atoms with Crippen LogP contribution in [0.5, 0.6) is 5.75 Å². The van der Waals surface area contributed by atoms with Crippen LogP contribution in [0.4, 0.5) is 5.13 Å². The highest BCUT2D eigenvalue weighted by atomic mass is 32.2. The van der Waals surface area contributed by atoms with Crippen molar-refractivity contribution in [3.05, 3.63) is 18.2 Å². The minimum Gasteiger partial charge on any atom is -0.497 e. The van der Waals surface area contributed by atoms with Gasteiger partial charge in [0.15, 0.2) is 0 Å². The molecule has 16 heavy (non-hydrogen) atoms. The molecule has 0 fully saturated rings. The van der Waals surface area contributed by atoms with Crippen molar-refractivity contribution >= 4 is 38.4 Å². The molecule has 0 aliphatic rings. The summed E-state index contributed by atoms with van der Waals surface area (Å²) >= 11 is 3.45. The molecule has 1 aromatic carbocycles. The average molecular weight is 255 g/mol. The van der Waals surface area contributed by atoms with Gasteiger partial charge in [-0.3, -0.25) is 5.73 Å². The van der Waals surface area contributed by atoms with Gasteiger partial charge in [-0.15, -0.1) is 0 Å². The number of nitrogens with zero attached hydrogens (tertiary/aromatic N) is 1. The summed E-state index contributed by atoms with van der Waals surface area (Å²) in [4.78, 5) is 0. The molecule has 1 heterocycles. The summed E-state index contributed by atoms with van der Waals surface area (Å²) in [7, 11) is 1.68. The number of thioether (sulfide) groups is 1. The van der Waals surface area contributed by atoms with Crippen LogP contribution in [0.1, 0.15) is 0 Å². The van der Waals surface area contributed by atoms with Gasteiger partial charge in [0.05, 0.1) is 11.8 Å². The zero-order valence-corrected chi connectivity index (χ0v) is 11.0. The first kappa shape index (κ1) is 11.5. The molecular weight excluding hydrogens is 240 g/mol. The van der Waals surface area contributed by atoms with E-state index in [1.807, 2.05) is 23.9 Å². The molecule has 0 saturated carbocycles. The Morgan fingerprint density at radius 2 is 2.31 bits per heavy atom. The number of aromatic nitrogens is 1. The van der Waals surface area contributed by atoms with Gasteiger partial charge in [-0.2, -0.15) is 11.8 Å². The van der Waals surface area contributed by atoms with E-state index in [0.717, 1.165) is 28.7 Å². The second-order valence-corrected chi connectivity index (χ2v) is 5.47. The van der Waals surface area contributed by atoms with E-state index in [9.17, 15) is 0 Å². The van der Waals surface area contributed by atoms with Gasteiger partial charge in [0.25, 0.3) is 0 Å². The molecule has 2 aromatic rings. The lowest BCUT2D eigenvalue weighted by Crippen LogP contribution is -2.36. The fraction of sp³-hybridized carbons (Fsp3) is 0.364. The lowest BCUT2D eigenvalue weighted by atomic mass is 10.3. The maximum absolute atomic E-state index is 6.02. The summed E-state index contributed by atoms with van der Waals surface area (Å²) in [6.45, 7) is 0.945. The van der Waals surface area contributed by atoms with E-state index < -0.39 is 0 Å². The maximum Gasteiger partial charge on any atom is 0.332 e. The minimum atomic E-state index is 0.859. The lowest BCUT2D eigenvalue weighted by molar-refractivity contribution is -0.648. The Kier molecular flexibility index (Phi) is 3.56. The lowest BCUT2D eigenvalue weighted by Gasteiger charge is -2.00. The van der Waals surface area contributed by atoms with Gasteiger partial charge in [0, 0.05) is 11.8 Å².